The molecule has 0 unspecified atom stereocenters. The van der Waals surface area contributed by atoms with Gasteiger partial charge < -0.3 is 19.9 Å². The normalized spacial score (nSPS) is 14.1. The van der Waals surface area contributed by atoms with E-state index in [1.54, 1.807) is 7.11 Å². The van der Waals surface area contributed by atoms with Crippen LogP contribution in [0.25, 0.3) is 0 Å². The molecule has 0 saturated carbocycles. The van der Waals surface area contributed by atoms with Gasteiger partial charge in [-0.15, -0.1) is 24.0 Å². The summed E-state index contributed by atoms with van der Waals surface area (Å²) in [6.45, 7) is 5.33. The third-order valence-electron chi connectivity index (χ3n) is 5.57. The average molecular weight is 546 g/mol. The molecule has 8 heteroatoms. The Morgan fingerprint density at radius 2 is 1.78 bits per heavy atom. The summed E-state index contributed by atoms with van der Waals surface area (Å²) in [7, 11) is 3.55. The number of methoxy groups -OCH3 is 1. The van der Waals surface area contributed by atoms with E-state index in [1.165, 1.54) is 16.8 Å². The zero-order chi connectivity index (χ0) is 21.5. The van der Waals surface area contributed by atoms with E-state index in [0.29, 0.717) is 0 Å². The summed E-state index contributed by atoms with van der Waals surface area (Å²) < 4.78 is 7.20. The van der Waals surface area contributed by atoms with Crippen molar-refractivity contribution >= 4 is 35.6 Å². The van der Waals surface area contributed by atoms with Gasteiger partial charge in [0.05, 0.1) is 13.7 Å². The van der Waals surface area contributed by atoms with Crippen molar-refractivity contribution in [3.63, 3.8) is 0 Å². The zero-order valence-electron chi connectivity index (χ0n) is 18.6. The molecule has 0 aliphatic carbocycles. The number of anilines is 1. The third-order valence-corrected chi connectivity index (χ3v) is 5.57. The number of aliphatic imine (C=N–C) groups is 1. The van der Waals surface area contributed by atoms with Gasteiger partial charge in [-0.05, 0) is 41.5 Å². The highest BCUT2D eigenvalue weighted by Crippen LogP contribution is 2.20. The number of aromatic nitrogens is 2. The second-order valence-corrected chi connectivity index (χ2v) is 7.60. The van der Waals surface area contributed by atoms with Crippen molar-refractivity contribution < 1.29 is 4.74 Å². The number of rotatable bonds is 6. The number of ether oxygens (including phenoxy) is 1. The zero-order valence-corrected chi connectivity index (χ0v) is 21.0. The van der Waals surface area contributed by atoms with E-state index in [-0.39, 0.29) is 24.0 Å². The summed E-state index contributed by atoms with van der Waals surface area (Å²) in [4.78, 5) is 9.24. The lowest BCUT2D eigenvalue weighted by Crippen LogP contribution is -2.52. The van der Waals surface area contributed by atoms with Crippen LogP contribution in [0.2, 0.25) is 0 Å². The molecule has 7 nitrogen and oxygen atoms in total. The fourth-order valence-electron chi connectivity index (χ4n) is 3.90. The number of piperazine rings is 1. The number of nitrogens with one attached hydrogen (secondary N) is 1. The molecule has 0 spiro atoms. The quantitative estimate of drug-likeness (QED) is 0.292. The topological polar surface area (TPSA) is 57.9 Å². The fourth-order valence-corrected chi connectivity index (χ4v) is 3.90. The number of hydrogen-bond acceptors (Lipinski definition) is 4. The van der Waals surface area contributed by atoms with E-state index in [4.69, 9.17) is 4.74 Å². The highest BCUT2D eigenvalue weighted by molar-refractivity contribution is 14.0. The highest BCUT2D eigenvalue weighted by Gasteiger charge is 2.19. The monoisotopic (exact) mass is 546 g/mol. The van der Waals surface area contributed by atoms with Gasteiger partial charge in [-0.25, -0.2) is 0 Å². The van der Waals surface area contributed by atoms with Crippen LogP contribution >= 0.6 is 24.0 Å². The van der Waals surface area contributed by atoms with Crippen molar-refractivity contribution in [3.05, 3.63) is 78.1 Å². The smallest absolute Gasteiger partial charge is 0.194 e. The van der Waals surface area contributed by atoms with Crippen molar-refractivity contribution in [2.45, 2.75) is 13.1 Å². The second kappa shape index (κ2) is 11.8. The molecule has 1 aliphatic rings. The van der Waals surface area contributed by atoms with Crippen molar-refractivity contribution in [2.24, 2.45) is 4.99 Å². The van der Waals surface area contributed by atoms with Crippen LogP contribution in [0.5, 0.6) is 5.75 Å². The van der Waals surface area contributed by atoms with Gasteiger partial charge in [0, 0.05) is 57.9 Å². The molecule has 0 radical (unpaired) electrons. The Kier molecular flexibility index (Phi) is 8.78. The van der Waals surface area contributed by atoms with Crippen molar-refractivity contribution in [2.75, 3.05) is 45.2 Å². The van der Waals surface area contributed by atoms with Crippen molar-refractivity contribution in [1.29, 1.82) is 0 Å². The van der Waals surface area contributed by atoms with E-state index in [2.05, 4.69) is 61.6 Å². The van der Waals surface area contributed by atoms with Gasteiger partial charge in [0.25, 0.3) is 0 Å². The fraction of sp³-hybridized carbons (Fsp3) is 0.333. The SMILES string of the molecule is CN=C(NCc1cccc(Cn2cccn2)c1)N1CCN(c2ccc(OC)cc2)CC1.I. The Labute approximate surface area is 207 Å². The van der Waals surface area contributed by atoms with Crippen LogP contribution in [0, 0.1) is 0 Å². The minimum Gasteiger partial charge on any atom is -0.497 e. The maximum Gasteiger partial charge on any atom is 0.194 e. The Morgan fingerprint density at radius 1 is 1.03 bits per heavy atom. The number of halogens is 1. The molecule has 170 valence electrons. The Morgan fingerprint density at radius 3 is 2.44 bits per heavy atom. The molecule has 1 aromatic heterocycles. The Balaban J connectivity index is 0.00000289. The summed E-state index contributed by atoms with van der Waals surface area (Å²) in [5, 5.41) is 7.82. The van der Waals surface area contributed by atoms with Crippen molar-refractivity contribution in [3.8, 4) is 5.75 Å². The van der Waals surface area contributed by atoms with Crippen LogP contribution in [0.15, 0.2) is 72.0 Å². The summed E-state index contributed by atoms with van der Waals surface area (Å²) in [6.07, 6.45) is 3.79. The average Bonchev–Trinajstić information content (AvgIpc) is 3.33. The number of hydrogen-bond donors (Lipinski definition) is 1. The molecule has 2 aromatic carbocycles. The Bertz CT molecular complexity index is 982. The summed E-state index contributed by atoms with van der Waals surface area (Å²) >= 11 is 0. The van der Waals surface area contributed by atoms with Crippen LogP contribution in [0.4, 0.5) is 5.69 Å². The first kappa shape index (κ1) is 23.9. The van der Waals surface area contributed by atoms with E-state index in [1.807, 2.05) is 42.3 Å². The largest absolute Gasteiger partial charge is 0.497 e. The van der Waals surface area contributed by atoms with E-state index >= 15 is 0 Å². The number of benzene rings is 2. The van der Waals surface area contributed by atoms with Gasteiger partial charge >= 0.3 is 0 Å². The molecule has 1 saturated heterocycles. The molecule has 1 aliphatic heterocycles. The predicted octanol–water partition coefficient (Wildman–Crippen LogP) is 3.46. The van der Waals surface area contributed by atoms with Crippen LogP contribution in [-0.4, -0.2) is 61.0 Å². The van der Waals surface area contributed by atoms with Crippen LogP contribution in [-0.2, 0) is 13.1 Å². The first-order valence-corrected chi connectivity index (χ1v) is 10.6. The highest BCUT2D eigenvalue weighted by atomic mass is 127. The van der Waals surface area contributed by atoms with Crippen LogP contribution in [0.3, 0.4) is 0 Å². The minimum absolute atomic E-state index is 0. The first-order chi connectivity index (χ1) is 15.2. The summed E-state index contributed by atoms with van der Waals surface area (Å²) in [5.74, 6) is 1.84. The Hall–Kier alpha value is -2.75. The van der Waals surface area contributed by atoms with Gasteiger partial charge in [0.1, 0.15) is 5.75 Å². The van der Waals surface area contributed by atoms with E-state index in [9.17, 15) is 0 Å². The minimum atomic E-state index is 0. The molecule has 0 bridgehead atoms. The molecular weight excluding hydrogens is 515 g/mol. The molecule has 3 aromatic rings. The molecular formula is C24H31IN6O. The molecule has 0 amide bonds. The molecule has 4 rings (SSSR count). The maximum atomic E-state index is 5.26. The lowest BCUT2D eigenvalue weighted by atomic mass is 10.1. The third kappa shape index (κ3) is 6.15. The molecule has 2 heterocycles. The summed E-state index contributed by atoms with van der Waals surface area (Å²) in [5.41, 5.74) is 3.71. The summed E-state index contributed by atoms with van der Waals surface area (Å²) in [6, 6.07) is 18.8. The molecule has 1 N–H and O–H groups in total. The lowest BCUT2D eigenvalue weighted by molar-refractivity contribution is 0.372. The maximum absolute atomic E-state index is 5.26. The number of guanidine groups is 1. The first-order valence-electron chi connectivity index (χ1n) is 10.6. The van der Waals surface area contributed by atoms with Crippen LogP contribution in [0.1, 0.15) is 11.1 Å². The standard InChI is InChI=1S/C24H30N6O.HI/c1-25-24(26-18-20-5-3-6-21(17-20)19-30-12-4-11-27-30)29-15-13-28(14-16-29)22-7-9-23(31-2)10-8-22;/h3-12,17H,13-16,18-19H2,1-2H3,(H,25,26);1H. The van der Waals surface area contributed by atoms with Gasteiger partial charge in [0.2, 0.25) is 0 Å². The predicted molar refractivity (Wildman–Crippen MR) is 140 cm³/mol. The van der Waals surface area contributed by atoms with Crippen molar-refractivity contribution in [1.82, 2.24) is 20.0 Å². The molecule has 0 atom stereocenters. The molecule has 32 heavy (non-hydrogen) atoms. The number of nitrogens with zero attached hydrogens (tertiary/aromatic N) is 5. The lowest BCUT2D eigenvalue weighted by Gasteiger charge is -2.37. The van der Waals surface area contributed by atoms with Crippen LogP contribution < -0.4 is 15.0 Å². The second-order valence-electron chi connectivity index (χ2n) is 7.60. The van der Waals surface area contributed by atoms with Gasteiger partial charge in [-0.2, -0.15) is 5.10 Å². The van der Waals surface area contributed by atoms with E-state index in [0.717, 1.165) is 51.0 Å². The molecule has 1 fully saturated rings. The van der Waals surface area contributed by atoms with Gasteiger partial charge in [-0.3, -0.25) is 9.67 Å². The van der Waals surface area contributed by atoms with E-state index < -0.39 is 0 Å². The van der Waals surface area contributed by atoms with Gasteiger partial charge in [-0.1, -0.05) is 24.3 Å². The van der Waals surface area contributed by atoms with Gasteiger partial charge in [0.15, 0.2) is 5.96 Å².